The van der Waals surface area contributed by atoms with E-state index in [2.05, 4.69) is 35.1 Å². The average molecular weight is 209 g/mol. The summed E-state index contributed by atoms with van der Waals surface area (Å²) >= 11 is 0. The molecule has 2 aromatic carbocycles. The standard InChI is InChI=1S/C13H11N3/c1-10-3-2-4-12(9-10)11-5-7-13(8-6-11)15-16-14/h2-9H,1H3. The predicted octanol–water partition coefficient (Wildman–Crippen LogP) is 4.60. The Morgan fingerprint density at radius 2 is 1.75 bits per heavy atom. The van der Waals surface area contributed by atoms with Crippen molar-refractivity contribution >= 4 is 5.69 Å². The van der Waals surface area contributed by atoms with Crippen LogP contribution in [0.4, 0.5) is 5.69 Å². The molecule has 0 saturated heterocycles. The summed E-state index contributed by atoms with van der Waals surface area (Å²) < 4.78 is 0. The topological polar surface area (TPSA) is 48.8 Å². The van der Waals surface area contributed by atoms with Crippen LogP contribution in [0.2, 0.25) is 0 Å². The molecule has 78 valence electrons. The highest BCUT2D eigenvalue weighted by molar-refractivity contribution is 5.65. The zero-order valence-corrected chi connectivity index (χ0v) is 8.96. The molecular formula is C13H11N3. The monoisotopic (exact) mass is 209 g/mol. The first-order valence-electron chi connectivity index (χ1n) is 5.02. The van der Waals surface area contributed by atoms with E-state index in [-0.39, 0.29) is 0 Å². The Hall–Kier alpha value is -2.25. The van der Waals surface area contributed by atoms with Gasteiger partial charge in [0.05, 0.1) is 0 Å². The maximum Gasteiger partial charge on any atom is 0.0375 e. The number of hydrogen-bond acceptors (Lipinski definition) is 1. The van der Waals surface area contributed by atoms with Crippen LogP contribution in [0.1, 0.15) is 5.56 Å². The Morgan fingerprint density at radius 1 is 1.00 bits per heavy atom. The third kappa shape index (κ3) is 2.22. The molecule has 0 radical (unpaired) electrons. The normalized spacial score (nSPS) is 9.56. The number of nitrogens with zero attached hydrogens (tertiary/aromatic N) is 3. The van der Waals surface area contributed by atoms with Crippen molar-refractivity contribution in [2.45, 2.75) is 6.92 Å². The smallest absolute Gasteiger partial charge is 0.0375 e. The van der Waals surface area contributed by atoms with E-state index in [9.17, 15) is 0 Å². The number of aryl methyl sites for hydroxylation is 1. The minimum absolute atomic E-state index is 0.638. The molecule has 2 aromatic rings. The Morgan fingerprint density at radius 3 is 2.38 bits per heavy atom. The van der Waals surface area contributed by atoms with Crippen LogP contribution in [0.3, 0.4) is 0 Å². The van der Waals surface area contributed by atoms with Gasteiger partial charge in [-0.15, -0.1) is 0 Å². The molecule has 0 amide bonds. The van der Waals surface area contributed by atoms with Crippen molar-refractivity contribution in [2.75, 3.05) is 0 Å². The summed E-state index contributed by atoms with van der Waals surface area (Å²) in [7, 11) is 0. The Bertz CT molecular complexity index is 537. The summed E-state index contributed by atoms with van der Waals surface area (Å²) in [6, 6.07) is 15.8. The summed E-state index contributed by atoms with van der Waals surface area (Å²) in [4.78, 5) is 2.75. The maximum atomic E-state index is 8.30. The van der Waals surface area contributed by atoms with Gasteiger partial charge < -0.3 is 0 Å². The van der Waals surface area contributed by atoms with Crippen LogP contribution in [0.25, 0.3) is 21.6 Å². The van der Waals surface area contributed by atoms with Gasteiger partial charge in [0.2, 0.25) is 0 Å². The SMILES string of the molecule is Cc1cccc(-c2ccc(N=[N+]=[N-])cc2)c1. The van der Waals surface area contributed by atoms with Gasteiger partial charge in [-0.1, -0.05) is 59.2 Å². The number of benzene rings is 2. The Kier molecular flexibility index (Phi) is 2.90. The summed E-state index contributed by atoms with van der Waals surface area (Å²) in [5.41, 5.74) is 12.5. The fourth-order valence-electron chi connectivity index (χ4n) is 1.60. The van der Waals surface area contributed by atoms with Crippen LogP contribution in [-0.2, 0) is 0 Å². The number of rotatable bonds is 2. The van der Waals surface area contributed by atoms with Gasteiger partial charge in [0, 0.05) is 10.6 Å². The van der Waals surface area contributed by atoms with Crippen LogP contribution in [-0.4, -0.2) is 0 Å². The van der Waals surface area contributed by atoms with Gasteiger partial charge in [0.25, 0.3) is 0 Å². The second-order valence-electron chi connectivity index (χ2n) is 3.61. The molecule has 0 bridgehead atoms. The first kappa shape index (κ1) is 10.3. The third-order valence-corrected chi connectivity index (χ3v) is 2.38. The predicted molar refractivity (Wildman–Crippen MR) is 65.4 cm³/mol. The van der Waals surface area contributed by atoms with Gasteiger partial charge in [0.1, 0.15) is 0 Å². The molecule has 3 heteroatoms. The van der Waals surface area contributed by atoms with Crippen LogP contribution < -0.4 is 0 Å². The van der Waals surface area contributed by atoms with Crippen molar-refractivity contribution in [3.63, 3.8) is 0 Å². The maximum absolute atomic E-state index is 8.30. The van der Waals surface area contributed by atoms with Gasteiger partial charge >= 0.3 is 0 Å². The van der Waals surface area contributed by atoms with E-state index >= 15 is 0 Å². The van der Waals surface area contributed by atoms with E-state index < -0.39 is 0 Å². The van der Waals surface area contributed by atoms with Crippen molar-refractivity contribution < 1.29 is 0 Å². The highest BCUT2D eigenvalue weighted by atomic mass is 15.1. The third-order valence-electron chi connectivity index (χ3n) is 2.38. The lowest BCUT2D eigenvalue weighted by molar-refractivity contribution is 1.45. The zero-order valence-electron chi connectivity index (χ0n) is 8.96. The number of hydrogen-bond donors (Lipinski definition) is 0. The molecule has 0 saturated carbocycles. The van der Waals surface area contributed by atoms with E-state index in [0.29, 0.717) is 5.69 Å². The molecule has 0 unspecified atom stereocenters. The van der Waals surface area contributed by atoms with E-state index in [1.54, 1.807) is 0 Å². The fourth-order valence-corrected chi connectivity index (χ4v) is 1.60. The van der Waals surface area contributed by atoms with Gasteiger partial charge in [-0.25, -0.2) is 0 Å². The average Bonchev–Trinajstić information content (AvgIpc) is 2.30. The highest BCUT2D eigenvalue weighted by Crippen LogP contribution is 2.23. The van der Waals surface area contributed by atoms with E-state index in [4.69, 9.17) is 5.53 Å². The molecule has 0 aliphatic heterocycles. The molecule has 3 nitrogen and oxygen atoms in total. The molecule has 0 aliphatic rings. The van der Waals surface area contributed by atoms with Crippen molar-refractivity contribution in [1.82, 2.24) is 0 Å². The minimum atomic E-state index is 0.638. The van der Waals surface area contributed by atoms with Crippen LogP contribution >= 0.6 is 0 Å². The lowest BCUT2D eigenvalue weighted by atomic mass is 10.0. The minimum Gasteiger partial charge on any atom is -0.0614 e. The largest absolute Gasteiger partial charge is 0.0614 e. The van der Waals surface area contributed by atoms with Crippen LogP contribution in [0.5, 0.6) is 0 Å². The Balaban J connectivity index is 2.38. The highest BCUT2D eigenvalue weighted by Gasteiger charge is 1.97. The van der Waals surface area contributed by atoms with Crippen LogP contribution in [0, 0.1) is 6.92 Å². The first-order chi connectivity index (χ1) is 7.79. The molecular weight excluding hydrogens is 198 g/mol. The van der Waals surface area contributed by atoms with Gasteiger partial charge in [-0.05, 0) is 23.6 Å². The van der Waals surface area contributed by atoms with Gasteiger partial charge in [-0.2, -0.15) is 0 Å². The zero-order chi connectivity index (χ0) is 11.4. The van der Waals surface area contributed by atoms with Crippen molar-refractivity contribution in [1.29, 1.82) is 0 Å². The van der Waals surface area contributed by atoms with E-state index in [1.807, 2.05) is 30.3 Å². The van der Waals surface area contributed by atoms with E-state index in [1.165, 1.54) is 11.1 Å². The molecule has 2 rings (SSSR count). The molecule has 0 atom stereocenters. The van der Waals surface area contributed by atoms with Crippen molar-refractivity contribution in [3.8, 4) is 11.1 Å². The summed E-state index contributed by atoms with van der Waals surface area (Å²) in [5.74, 6) is 0. The second-order valence-corrected chi connectivity index (χ2v) is 3.61. The molecule has 16 heavy (non-hydrogen) atoms. The van der Waals surface area contributed by atoms with Crippen molar-refractivity contribution in [3.05, 3.63) is 64.5 Å². The summed E-state index contributed by atoms with van der Waals surface area (Å²) in [6.07, 6.45) is 0. The Labute approximate surface area is 94.0 Å². The summed E-state index contributed by atoms with van der Waals surface area (Å²) in [6.45, 7) is 2.07. The molecule has 0 N–H and O–H groups in total. The number of azide groups is 1. The lowest BCUT2D eigenvalue weighted by Gasteiger charge is -2.02. The van der Waals surface area contributed by atoms with Crippen molar-refractivity contribution in [2.24, 2.45) is 5.11 Å². The molecule has 0 aliphatic carbocycles. The quantitative estimate of drug-likeness (QED) is 0.394. The second kappa shape index (κ2) is 4.51. The molecule has 0 spiro atoms. The lowest BCUT2D eigenvalue weighted by Crippen LogP contribution is -1.78. The van der Waals surface area contributed by atoms with Gasteiger partial charge in [-0.3, -0.25) is 0 Å². The van der Waals surface area contributed by atoms with Crippen LogP contribution in [0.15, 0.2) is 53.6 Å². The van der Waals surface area contributed by atoms with Gasteiger partial charge in [0.15, 0.2) is 0 Å². The summed E-state index contributed by atoms with van der Waals surface area (Å²) in [5, 5.41) is 3.54. The van der Waals surface area contributed by atoms with E-state index in [0.717, 1.165) is 5.56 Å². The molecule has 0 fully saturated rings. The molecule has 0 heterocycles. The first-order valence-corrected chi connectivity index (χ1v) is 5.02. The molecule has 0 aromatic heterocycles. The fraction of sp³-hybridized carbons (Fsp3) is 0.0769.